The van der Waals surface area contributed by atoms with Crippen LogP contribution < -0.4 is 10.6 Å². The van der Waals surface area contributed by atoms with E-state index < -0.39 is 23.7 Å². The monoisotopic (exact) mass is 394 g/mol. The zero-order valence-corrected chi connectivity index (χ0v) is 15.6. The van der Waals surface area contributed by atoms with Gasteiger partial charge in [-0.1, -0.05) is 30.3 Å². The number of amides is 1. The molecule has 2 atom stereocenters. The summed E-state index contributed by atoms with van der Waals surface area (Å²) in [5.74, 6) is -2.39. The number of benzene rings is 2. The molecule has 2 unspecified atom stereocenters. The van der Waals surface area contributed by atoms with E-state index in [1.54, 1.807) is 31.2 Å². The van der Waals surface area contributed by atoms with Gasteiger partial charge in [-0.3, -0.25) is 9.69 Å². The van der Waals surface area contributed by atoms with Crippen LogP contribution in [0.1, 0.15) is 34.5 Å². The quantitative estimate of drug-likeness (QED) is 0.708. The summed E-state index contributed by atoms with van der Waals surface area (Å²) >= 11 is 0. The fraction of sp³-hybridized carbons (Fsp3) is 0.190. The van der Waals surface area contributed by atoms with Gasteiger partial charge in [0, 0.05) is 18.0 Å². The van der Waals surface area contributed by atoms with Crippen LogP contribution in [0.4, 0.5) is 10.2 Å². The van der Waals surface area contributed by atoms with E-state index in [9.17, 15) is 19.1 Å². The molecule has 0 spiro atoms. The Balaban J connectivity index is 2.04. The molecule has 3 N–H and O–H groups in total. The number of likely N-dealkylation sites (N-methyl/N-ethyl adjacent to an activating group) is 1. The maximum atomic E-state index is 13.5. The molecule has 4 rings (SSSR count). The lowest BCUT2D eigenvalue weighted by molar-refractivity contribution is -0.120. The van der Waals surface area contributed by atoms with Crippen LogP contribution in [0.5, 0.6) is 0 Å². The highest BCUT2D eigenvalue weighted by Gasteiger charge is 2.44. The molecule has 0 radical (unpaired) electrons. The van der Waals surface area contributed by atoms with E-state index in [0.29, 0.717) is 29.2 Å². The average Bonchev–Trinajstić information content (AvgIpc) is 3.11. The number of rotatable bonds is 4. The van der Waals surface area contributed by atoms with Gasteiger partial charge in [0.2, 0.25) is 5.91 Å². The van der Waals surface area contributed by atoms with Crippen molar-refractivity contribution in [3.8, 4) is 5.69 Å². The average molecular weight is 394 g/mol. The van der Waals surface area contributed by atoms with Crippen molar-refractivity contribution >= 4 is 17.7 Å². The summed E-state index contributed by atoms with van der Waals surface area (Å²) in [7, 11) is 0. The first-order valence-electron chi connectivity index (χ1n) is 9.18. The van der Waals surface area contributed by atoms with E-state index in [0.717, 1.165) is 0 Å². The molecule has 1 aromatic heterocycles. The Morgan fingerprint density at radius 1 is 1.17 bits per heavy atom. The van der Waals surface area contributed by atoms with Crippen molar-refractivity contribution in [2.75, 3.05) is 11.4 Å². The number of aromatic nitrogens is 2. The van der Waals surface area contributed by atoms with Crippen molar-refractivity contribution in [3.63, 3.8) is 0 Å². The van der Waals surface area contributed by atoms with Crippen LogP contribution in [-0.2, 0) is 4.79 Å². The number of carbonyl (C=O) groups excluding carboxylic acids is 1. The summed E-state index contributed by atoms with van der Waals surface area (Å²) in [6.45, 7) is 2.09. The molecule has 0 fully saturated rings. The van der Waals surface area contributed by atoms with E-state index in [1.807, 2.05) is 6.07 Å². The number of nitrogens with two attached hydrogens (primary N) is 1. The Hall–Kier alpha value is -3.52. The standard InChI is InChI=1S/C21H19FN4O3/c1-2-25-19-16(15(17(23)20(25)27)12-8-10-13(22)11-9-12)18(21(28)29)24-26(19)14-6-4-3-5-7-14/h3-11,15,17H,2,23H2,1H3,(H,28,29). The molecule has 1 aliphatic heterocycles. The lowest BCUT2D eigenvalue weighted by Crippen LogP contribution is -2.52. The molecule has 148 valence electrons. The molecule has 0 aliphatic carbocycles. The van der Waals surface area contributed by atoms with Crippen LogP contribution in [0.15, 0.2) is 54.6 Å². The highest BCUT2D eigenvalue weighted by molar-refractivity contribution is 6.03. The van der Waals surface area contributed by atoms with Crippen LogP contribution in [-0.4, -0.2) is 39.4 Å². The Labute approximate surface area is 166 Å². The molecule has 0 saturated carbocycles. The Kier molecular flexibility index (Phi) is 4.63. The number of hydrogen-bond acceptors (Lipinski definition) is 4. The van der Waals surface area contributed by atoms with Gasteiger partial charge >= 0.3 is 5.97 Å². The highest BCUT2D eigenvalue weighted by atomic mass is 19.1. The first-order valence-corrected chi connectivity index (χ1v) is 9.18. The Morgan fingerprint density at radius 2 is 1.83 bits per heavy atom. The molecule has 1 amide bonds. The molecular weight excluding hydrogens is 375 g/mol. The number of carbonyl (C=O) groups is 2. The molecule has 8 heteroatoms. The van der Waals surface area contributed by atoms with Crippen molar-refractivity contribution < 1.29 is 19.1 Å². The smallest absolute Gasteiger partial charge is 0.356 e. The van der Waals surface area contributed by atoms with Gasteiger partial charge in [-0.05, 0) is 36.8 Å². The molecule has 29 heavy (non-hydrogen) atoms. The minimum Gasteiger partial charge on any atom is -0.476 e. The topological polar surface area (TPSA) is 101 Å². The van der Waals surface area contributed by atoms with Crippen LogP contribution >= 0.6 is 0 Å². The van der Waals surface area contributed by atoms with E-state index >= 15 is 0 Å². The number of fused-ring (bicyclic) bond motifs is 1. The van der Waals surface area contributed by atoms with Gasteiger partial charge in [-0.15, -0.1) is 0 Å². The van der Waals surface area contributed by atoms with Crippen LogP contribution in [0.3, 0.4) is 0 Å². The second-order valence-electron chi connectivity index (χ2n) is 6.78. The Bertz CT molecular complexity index is 1080. The third-order valence-electron chi connectivity index (χ3n) is 5.12. The van der Waals surface area contributed by atoms with E-state index in [4.69, 9.17) is 5.73 Å². The van der Waals surface area contributed by atoms with Gasteiger partial charge in [0.05, 0.1) is 11.7 Å². The predicted molar refractivity (Wildman–Crippen MR) is 105 cm³/mol. The summed E-state index contributed by atoms with van der Waals surface area (Å²) in [6.07, 6.45) is 0. The van der Waals surface area contributed by atoms with Crippen LogP contribution in [0.2, 0.25) is 0 Å². The minimum absolute atomic E-state index is 0.181. The van der Waals surface area contributed by atoms with E-state index in [2.05, 4.69) is 5.10 Å². The number of carboxylic acids is 1. The number of carboxylic acid groups (broad SMARTS) is 1. The van der Waals surface area contributed by atoms with Gasteiger partial charge in [0.1, 0.15) is 11.6 Å². The summed E-state index contributed by atoms with van der Waals surface area (Å²) in [6, 6.07) is 13.5. The number of hydrogen-bond donors (Lipinski definition) is 2. The fourth-order valence-corrected chi connectivity index (χ4v) is 3.83. The van der Waals surface area contributed by atoms with Crippen molar-refractivity contribution in [2.24, 2.45) is 5.73 Å². The number of nitrogens with zero attached hydrogens (tertiary/aromatic N) is 3. The number of para-hydroxylation sites is 1. The van der Waals surface area contributed by atoms with Crippen molar-refractivity contribution in [2.45, 2.75) is 18.9 Å². The van der Waals surface area contributed by atoms with Crippen molar-refractivity contribution in [1.82, 2.24) is 9.78 Å². The second kappa shape index (κ2) is 7.14. The lowest BCUT2D eigenvalue weighted by atomic mass is 9.81. The van der Waals surface area contributed by atoms with Gasteiger partial charge in [0.15, 0.2) is 5.69 Å². The summed E-state index contributed by atoms with van der Waals surface area (Å²) < 4.78 is 14.9. The maximum absolute atomic E-state index is 13.5. The molecule has 2 heterocycles. The van der Waals surface area contributed by atoms with Gasteiger partial charge < -0.3 is 10.8 Å². The molecule has 1 aliphatic rings. The molecule has 3 aromatic rings. The zero-order valence-electron chi connectivity index (χ0n) is 15.6. The van der Waals surface area contributed by atoms with Gasteiger partial charge in [0.25, 0.3) is 0 Å². The van der Waals surface area contributed by atoms with Gasteiger partial charge in [-0.2, -0.15) is 5.10 Å². The number of aromatic carboxylic acids is 1. The first-order chi connectivity index (χ1) is 13.9. The molecule has 0 bridgehead atoms. The highest BCUT2D eigenvalue weighted by Crippen LogP contribution is 2.42. The van der Waals surface area contributed by atoms with E-state index in [1.165, 1.54) is 33.8 Å². The first kappa shape index (κ1) is 18.8. The minimum atomic E-state index is -1.22. The van der Waals surface area contributed by atoms with Crippen LogP contribution in [0.25, 0.3) is 5.69 Å². The summed E-state index contributed by atoms with van der Waals surface area (Å²) in [5.41, 5.74) is 7.62. The molecular formula is C21H19FN4O3. The summed E-state index contributed by atoms with van der Waals surface area (Å²) in [4.78, 5) is 26.6. The summed E-state index contributed by atoms with van der Waals surface area (Å²) in [5, 5.41) is 14.2. The zero-order chi connectivity index (χ0) is 20.7. The predicted octanol–water partition coefficient (Wildman–Crippen LogP) is 2.54. The largest absolute Gasteiger partial charge is 0.476 e. The maximum Gasteiger partial charge on any atom is 0.356 e. The molecule has 7 nitrogen and oxygen atoms in total. The van der Waals surface area contributed by atoms with Crippen molar-refractivity contribution in [1.29, 1.82) is 0 Å². The third kappa shape index (κ3) is 2.98. The van der Waals surface area contributed by atoms with Gasteiger partial charge in [-0.25, -0.2) is 13.9 Å². The molecule has 2 aromatic carbocycles. The molecule has 0 saturated heterocycles. The van der Waals surface area contributed by atoms with E-state index in [-0.39, 0.29) is 11.6 Å². The van der Waals surface area contributed by atoms with Crippen LogP contribution in [0, 0.1) is 5.82 Å². The normalized spacial score (nSPS) is 18.6. The SMILES string of the molecule is CCN1C(=O)C(N)C(c2ccc(F)cc2)c2c(C(=O)O)nn(-c3ccccc3)c21. The third-order valence-corrected chi connectivity index (χ3v) is 5.12. The van der Waals surface area contributed by atoms with Crippen molar-refractivity contribution in [3.05, 3.63) is 77.2 Å². The second-order valence-corrected chi connectivity index (χ2v) is 6.78. The lowest BCUT2D eigenvalue weighted by Gasteiger charge is -2.36. The fourth-order valence-electron chi connectivity index (χ4n) is 3.83. The number of anilines is 1. The number of halogens is 1. The Morgan fingerprint density at radius 3 is 2.41 bits per heavy atom.